The van der Waals surface area contributed by atoms with Gasteiger partial charge in [0, 0.05) is 12.5 Å². The third-order valence-corrected chi connectivity index (χ3v) is 5.69. The van der Waals surface area contributed by atoms with Gasteiger partial charge in [0.15, 0.2) is 17.5 Å². The van der Waals surface area contributed by atoms with E-state index in [0.29, 0.717) is 35.1 Å². The monoisotopic (exact) mass is 383 g/mol. The van der Waals surface area contributed by atoms with E-state index in [2.05, 4.69) is 5.10 Å². The molecule has 0 bridgehead atoms. The summed E-state index contributed by atoms with van der Waals surface area (Å²) in [5, 5.41) is 7.03. The van der Waals surface area contributed by atoms with Gasteiger partial charge in [0.1, 0.15) is 0 Å². The maximum atomic E-state index is 12.9. The number of pyridine rings is 1. The highest BCUT2D eigenvalue weighted by Crippen LogP contribution is 2.30. The van der Waals surface area contributed by atoms with Crippen LogP contribution in [0.15, 0.2) is 29.8 Å². The molecule has 0 spiro atoms. The van der Waals surface area contributed by atoms with Crippen LogP contribution in [0.3, 0.4) is 0 Å². The maximum absolute atomic E-state index is 12.9. The van der Waals surface area contributed by atoms with Crippen molar-refractivity contribution in [3.63, 3.8) is 0 Å². The van der Waals surface area contributed by atoms with Crippen LogP contribution in [0, 0.1) is 0 Å². The normalized spacial score (nSPS) is 17.6. The smallest absolute Gasteiger partial charge is 0.339 e. The molecule has 0 saturated heterocycles. The zero-order chi connectivity index (χ0) is 19.0. The van der Waals surface area contributed by atoms with Gasteiger partial charge in [-0.3, -0.25) is 4.79 Å². The van der Waals surface area contributed by atoms with Gasteiger partial charge < -0.3 is 4.74 Å². The van der Waals surface area contributed by atoms with E-state index in [1.165, 1.54) is 0 Å². The highest BCUT2D eigenvalue weighted by molar-refractivity contribution is 7.13. The van der Waals surface area contributed by atoms with Crippen LogP contribution >= 0.6 is 11.3 Å². The van der Waals surface area contributed by atoms with Crippen LogP contribution in [0.4, 0.5) is 0 Å². The Hall–Kier alpha value is -2.54. The van der Waals surface area contributed by atoms with E-state index < -0.39 is 12.1 Å². The van der Waals surface area contributed by atoms with Gasteiger partial charge in [-0.25, -0.2) is 14.5 Å². The van der Waals surface area contributed by atoms with Crippen LogP contribution in [-0.4, -0.2) is 32.6 Å². The third-order valence-electron chi connectivity index (χ3n) is 4.80. The second kappa shape index (κ2) is 7.23. The molecule has 1 saturated carbocycles. The van der Waals surface area contributed by atoms with E-state index in [0.717, 1.165) is 17.7 Å². The van der Waals surface area contributed by atoms with E-state index in [1.807, 2.05) is 31.4 Å². The fraction of sp³-hybridized carbons (Fsp3) is 0.400. The largest absolute Gasteiger partial charge is 0.451 e. The van der Waals surface area contributed by atoms with Crippen LogP contribution in [0.1, 0.15) is 55.9 Å². The van der Waals surface area contributed by atoms with Crippen LogP contribution in [0.25, 0.3) is 21.6 Å². The van der Waals surface area contributed by atoms with Gasteiger partial charge in [-0.2, -0.15) is 5.10 Å². The summed E-state index contributed by atoms with van der Waals surface area (Å²) in [7, 11) is 0. The molecule has 0 aliphatic heterocycles. The van der Waals surface area contributed by atoms with Crippen LogP contribution in [0.5, 0.6) is 0 Å². The van der Waals surface area contributed by atoms with Crippen molar-refractivity contribution in [2.75, 3.05) is 0 Å². The standard InChI is InChI=1S/C20H21N3O3S/c1-12(2)23-19-14(11-21-23)13(10-15(22-19)18-8-5-9-27-18)20(25)26-17-7-4-3-6-16(17)24/h5,8-12,17H,3-4,6-7H2,1-2H3/t17-/m0/s1. The van der Waals surface area contributed by atoms with Gasteiger partial charge in [-0.05, 0) is 50.6 Å². The summed E-state index contributed by atoms with van der Waals surface area (Å²) in [6.07, 6.45) is 3.87. The molecule has 140 valence electrons. The Labute approximate surface area is 161 Å². The zero-order valence-electron chi connectivity index (χ0n) is 15.3. The highest BCUT2D eigenvalue weighted by atomic mass is 32.1. The van der Waals surface area contributed by atoms with Crippen LogP contribution in [0.2, 0.25) is 0 Å². The highest BCUT2D eigenvalue weighted by Gasteiger charge is 2.28. The minimum absolute atomic E-state index is 0.0104. The average molecular weight is 383 g/mol. The molecule has 6 nitrogen and oxygen atoms in total. The topological polar surface area (TPSA) is 74.1 Å². The lowest BCUT2D eigenvalue weighted by molar-refractivity contribution is -0.129. The van der Waals surface area contributed by atoms with Crippen molar-refractivity contribution in [3.8, 4) is 10.6 Å². The lowest BCUT2D eigenvalue weighted by Crippen LogP contribution is -2.30. The number of hydrogen-bond donors (Lipinski definition) is 0. The summed E-state index contributed by atoms with van der Waals surface area (Å²) in [6, 6.07) is 5.77. The molecule has 0 radical (unpaired) electrons. The Kier molecular flexibility index (Phi) is 4.78. The summed E-state index contributed by atoms with van der Waals surface area (Å²) < 4.78 is 7.39. The fourth-order valence-electron chi connectivity index (χ4n) is 3.38. The van der Waals surface area contributed by atoms with Gasteiger partial charge in [-0.1, -0.05) is 6.07 Å². The molecule has 0 N–H and O–H groups in total. The van der Waals surface area contributed by atoms with Gasteiger partial charge in [0.25, 0.3) is 0 Å². The first kappa shape index (κ1) is 17.9. The summed E-state index contributed by atoms with van der Waals surface area (Å²) in [5.41, 5.74) is 1.77. The van der Waals surface area contributed by atoms with Crippen molar-refractivity contribution in [2.24, 2.45) is 0 Å². The van der Waals surface area contributed by atoms with Gasteiger partial charge in [-0.15, -0.1) is 11.3 Å². The van der Waals surface area contributed by atoms with Crippen LogP contribution < -0.4 is 0 Å². The maximum Gasteiger partial charge on any atom is 0.339 e. The molecule has 3 heterocycles. The van der Waals surface area contributed by atoms with Crippen molar-refractivity contribution in [1.29, 1.82) is 0 Å². The third kappa shape index (κ3) is 3.39. The van der Waals surface area contributed by atoms with Crippen molar-refractivity contribution in [1.82, 2.24) is 14.8 Å². The Balaban J connectivity index is 1.78. The lowest BCUT2D eigenvalue weighted by atomic mass is 9.96. The van der Waals surface area contributed by atoms with E-state index in [9.17, 15) is 9.59 Å². The van der Waals surface area contributed by atoms with E-state index in [1.54, 1.807) is 28.3 Å². The number of nitrogens with zero attached hydrogens (tertiary/aromatic N) is 3. The number of esters is 1. The molecule has 3 aromatic heterocycles. The molecule has 0 aromatic carbocycles. The summed E-state index contributed by atoms with van der Waals surface area (Å²) >= 11 is 1.56. The second-order valence-electron chi connectivity index (χ2n) is 7.06. The minimum atomic E-state index is -0.639. The first-order valence-electron chi connectivity index (χ1n) is 9.20. The number of ketones is 1. The molecule has 4 rings (SSSR count). The SMILES string of the molecule is CC(C)n1ncc2c(C(=O)O[C@H]3CCCCC3=O)cc(-c3cccs3)nc21. The van der Waals surface area contributed by atoms with E-state index in [-0.39, 0.29) is 11.8 Å². The van der Waals surface area contributed by atoms with Gasteiger partial charge in [0.2, 0.25) is 0 Å². The number of carbonyl (C=O) groups excluding carboxylic acids is 2. The Morgan fingerprint density at radius 1 is 1.37 bits per heavy atom. The molecule has 3 aromatic rings. The van der Waals surface area contributed by atoms with Gasteiger partial charge in [0.05, 0.1) is 27.7 Å². The summed E-state index contributed by atoms with van der Waals surface area (Å²) in [6.45, 7) is 4.04. The van der Waals surface area contributed by atoms with Crippen LogP contribution in [-0.2, 0) is 9.53 Å². The molecule has 7 heteroatoms. The van der Waals surface area contributed by atoms with Crippen molar-refractivity contribution < 1.29 is 14.3 Å². The van der Waals surface area contributed by atoms with Crippen molar-refractivity contribution in [3.05, 3.63) is 35.3 Å². The lowest BCUT2D eigenvalue weighted by Gasteiger charge is -2.21. The number of hydrogen-bond acceptors (Lipinski definition) is 6. The Morgan fingerprint density at radius 2 is 2.22 bits per heavy atom. The Bertz CT molecular complexity index is 991. The quantitative estimate of drug-likeness (QED) is 0.624. The zero-order valence-corrected chi connectivity index (χ0v) is 16.2. The number of rotatable bonds is 4. The minimum Gasteiger partial charge on any atom is -0.451 e. The number of aromatic nitrogens is 3. The number of thiophene rings is 1. The molecular weight excluding hydrogens is 362 g/mol. The molecule has 1 fully saturated rings. The summed E-state index contributed by atoms with van der Waals surface area (Å²) in [5.74, 6) is -0.472. The van der Waals surface area contributed by atoms with E-state index >= 15 is 0 Å². The molecule has 1 aliphatic rings. The number of Topliss-reactive ketones (excluding diaryl/α,β-unsaturated/α-hetero) is 1. The number of carbonyl (C=O) groups is 2. The average Bonchev–Trinajstić information content (AvgIpc) is 3.32. The number of ether oxygens (including phenoxy) is 1. The van der Waals surface area contributed by atoms with Crippen molar-refractivity contribution >= 4 is 34.1 Å². The molecular formula is C20H21N3O3S. The van der Waals surface area contributed by atoms with Crippen molar-refractivity contribution in [2.45, 2.75) is 51.7 Å². The molecule has 27 heavy (non-hydrogen) atoms. The summed E-state index contributed by atoms with van der Waals surface area (Å²) in [4.78, 5) is 30.7. The Morgan fingerprint density at radius 3 is 2.93 bits per heavy atom. The first-order chi connectivity index (χ1) is 13.0. The van der Waals surface area contributed by atoms with E-state index in [4.69, 9.17) is 9.72 Å². The molecule has 1 atom stereocenters. The predicted molar refractivity (Wildman–Crippen MR) is 104 cm³/mol. The molecule has 0 unspecified atom stereocenters. The van der Waals surface area contributed by atoms with Gasteiger partial charge >= 0.3 is 5.97 Å². The number of fused-ring (bicyclic) bond motifs is 1. The molecule has 0 amide bonds. The first-order valence-corrected chi connectivity index (χ1v) is 10.1. The predicted octanol–water partition coefficient (Wildman–Crippen LogP) is 4.41. The fourth-order valence-corrected chi connectivity index (χ4v) is 4.07. The molecule has 1 aliphatic carbocycles. The second-order valence-corrected chi connectivity index (χ2v) is 8.01.